The van der Waals surface area contributed by atoms with Crippen LogP contribution in [0, 0.1) is 24.0 Å². The third kappa shape index (κ3) is 4.63. The Hall–Kier alpha value is -2.74. The lowest BCUT2D eigenvalue weighted by atomic mass is 10.0. The van der Waals surface area contributed by atoms with Crippen molar-refractivity contribution in [3.05, 3.63) is 57.4 Å². The second kappa shape index (κ2) is 8.39. The highest BCUT2D eigenvalue weighted by Gasteiger charge is 2.23. The topological polar surface area (TPSA) is 110 Å². The van der Waals surface area contributed by atoms with Gasteiger partial charge in [0, 0.05) is 6.61 Å². The van der Waals surface area contributed by atoms with Crippen LogP contribution in [-0.2, 0) is 11.3 Å². The summed E-state index contributed by atoms with van der Waals surface area (Å²) in [6.45, 7) is 3.07. The Kier molecular flexibility index (Phi) is 6.24. The van der Waals surface area contributed by atoms with Gasteiger partial charge in [0.05, 0.1) is 11.0 Å². The number of aliphatic hydroxyl groups is 1. The van der Waals surface area contributed by atoms with Crippen LogP contribution in [0.5, 0.6) is 0 Å². The van der Waals surface area contributed by atoms with E-state index >= 15 is 0 Å². The van der Waals surface area contributed by atoms with Crippen molar-refractivity contribution >= 4 is 11.6 Å². The number of rotatable bonds is 8. The minimum Gasteiger partial charge on any atom is -0.396 e. The van der Waals surface area contributed by atoms with Gasteiger partial charge in [-0.3, -0.25) is 19.6 Å². The van der Waals surface area contributed by atoms with Crippen LogP contribution in [0.4, 0.5) is 5.69 Å². The minimum atomic E-state index is -0.486. The maximum atomic E-state index is 12.4. The monoisotopic (exact) mass is 346 g/mol. The van der Waals surface area contributed by atoms with E-state index in [1.54, 1.807) is 13.8 Å². The van der Waals surface area contributed by atoms with Gasteiger partial charge in [-0.25, -0.2) is 0 Å². The zero-order chi connectivity index (χ0) is 18.4. The van der Waals surface area contributed by atoms with E-state index < -0.39 is 4.92 Å². The van der Waals surface area contributed by atoms with E-state index in [9.17, 15) is 14.9 Å². The SMILES string of the molecule is Cc1nn(CC(=O)NC(CCCO)c2ccccc2)c(C)c1[N+](=O)[O-]. The van der Waals surface area contributed by atoms with Crippen LogP contribution in [0.2, 0.25) is 0 Å². The summed E-state index contributed by atoms with van der Waals surface area (Å²) in [5.41, 5.74) is 1.52. The van der Waals surface area contributed by atoms with Gasteiger partial charge in [0.1, 0.15) is 17.9 Å². The molecular weight excluding hydrogens is 324 g/mol. The molecule has 1 aromatic heterocycles. The van der Waals surface area contributed by atoms with Gasteiger partial charge in [-0.1, -0.05) is 30.3 Å². The number of nitrogens with zero attached hydrogens (tertiary/aromatic N) is 3. The van der Waals surface area contributed by atoms with Gasteiger partial charge in [-0.2, -0.15) is 5.10 Å². The van der Waals surface area contributed by atoms with Gasteiger partial charge in [-0.15, -0.1) is 0 Å². The standard InChI is InChI=1S/C17H22N4O4/c1-12-17(21(24)25)13(2)20(19-12)11-16(23)18-15(9-6-10-22)14-7-4-3-5-8-14/h3-5,7-8,15,22H,6,9-11H2,1-2H3,(H,18,23). The van der Waals surface area contributed by atoms with Crippen LogP contribution < -0.4 is 5.32 Å². The third-order valence-corrected chi connectivity index (χ3v) is 4.01. The van der Waals surface area contributed by atoms with Crippen molar-refractivity contribution in [1.82, 2.24) is 15.1 Å². The molecule has 0 fully saturated rings. The molecule has 8 nitrogen and oxygen atoms in total. The number of hydrogen-bond donors (Lipinski definition) is 2. The summed E-state index contributed by atoms with van der Waals surface area (Å²) in [6, 6.07) is 9.26. The molecule has 134 valence electrons. The summed E-state index contributed by atoms with van der Waals surface area (Å²) in [7, 11) is 0. The molecule has 0 aliphatic heterocycles. The molecule has 0 aliphatic rings. The van der Waals surface area contributed by atoms with Crippen molar-refractivity contribution in [1.29, 1.82) is 0 Å². The molecule has 0 saturated heterocycles. The number of aliphatic hydroxyl groups excluding tert-OH is 1. The molecule has 0 saturated carbocycles. The lowest BCUT2D eigenvalue weighted by Gasteiger charge is -2.19. The first-order chi connectivity index (χ1) is 11.9. The molecule has 2 aromatic rings. The molecule has 1 amide bonds. The highest BCUT2D eigenvalue weighted by molar-refractivity contribution is 5.76. The van der Waals surface area contributed by atoms with Gasteiger partial charge >= 0.3 is 5.69 Å². The number of aromatic nitrogens is 2. The highest BCUT2D eigenvalue weighted by Crippen LogP contribution is 2.22. The number of carbonyl (C=O) groups excluding carboxylic acids is 1. The summed E-state index contributed by atoms with van der Waals surface area (Å²) < 4.78 is 1.34. The van der Waals surface area contributed by atoms with Crippen LogP contribution in [0.1, 0.15) is 35.8 Å². The van der Waals surface area contributed by atoms with E-state index in [1.807, 2.05) is 30.3 Å². The molecule has 0 bridgehead atoms. The van der Waals surface area contributed by atoms with Crippen molar-refractivity contribution in [3.63, 3.8) is 0 Å². The molecular formula is C17H22N4O4. The van der Waals surface area contributed by atoms with Crippen molar-refractivity contribution in [2.75, 3.05) is 6.61 Å². The molecule has 0 radical (unpaired) electrons. The molecule has 2 N–H and O–H groups in total. The molecule has 0 spiro atoms. The lowest BCUT2D eigenvalue weighted by molar-refractivity contribution is -0.386. The predicted octanol–water partition coefficient (Wildman–Crippen LogP) is 2.04. The summed E-state index contributed by atoms with van der Waals surface area (Å²) in [5.74, 6) is -0.285. The average Bonchev–Trinajstić information content (AvgIpc) is 2.86. The minimum absolute atomic E-state index is 0.0445. The Morgan fingerprint density at radius 3 is 2.60 bits per heavy atom. The van der Waals surface area contributed by atoms with Gasteiger partial charge in [0.2, 0.25) is 5.91 Å². The molecule has 1 unspecified atom stereocenters. The lowest BCUT2D eigenvalue weighted by Crippen LogP contribution is -2.32. The number of hydrogen-bond acceptors (Lipinski definition) is 5. The highest BCUT2D eigenvalue weighted by atomic mass is 16.6. The second-order valence-corrected chi connectivity index (χ2v) is 5.83. The van der Waals surface area contributed by atoms with Crippen LogP contribution >= 0.6 is 0 Å². The summed E-state index contributed by atoms with van der Waals surface area (Å²) in [5, 5.41) is 27.1. The van der Waals surface area contributed by atoms with E-state index in [0.717, 1.165) is 5.56 Å². The molecule has 0 aliphatic carbocycles. The molecule has 1 atom stereocenters. The van der Waals surface area contributed by atoms with Crippen molar-refractivity contribution in [2.45, 2.75) is 39.3 Å². The first-order valence-corrected chi connectivity index (χ1v) is 8.07. The van der Waals surface area contributed by atoms with Crippen LogP contribution in [0.3, 0.4) is 0 Å². The predicted molar refractivity (Wildman–Crippen MR) is 92.0 cm³/mol. The zero-order valence-corrected chi connectivity index (χ0v) is 14.3. The number of amides is 1. The van der Waals surface area contributed by atoms with E-state index in [1.165, 1.54) is 4.68 Å². The van der Waals surface area contributed by atoms with Gasteiger partial charge in [-0.05, 0) is 32.3 Å². The number of nitrogens with one attached hydrogen (secondary N) is 1. The Morgan fingerprint density at radius 2 is 2.04 bits per heavy atom. The van der Waals surface area contributed by atoms with E-state index in [-0.39, 0.29) is 36.5 Å². The maximum absolute atomic E-state index is 12.4. The number of benzene rings is 1. The number of aryl methyl sites for hydroxylation is 1. The molecule has 8 heteroatoms. The van der Waals surface area contributed by atoms with E-state index in [2.05, 4.69) is 10.4 Å². The van der Waals surface area contributed by atoms with Crippen molar-refractivity contribution < 1.29 is 14.8 Å². The summed E-state index contributed by atoms with van der Waals surface area (Å²) in [4.78, 5) is 23.0. The van der Waals surface area contributed by atoms with Crippen LogP contribution in [0.15, 0.2) is 30.3 Å². The molecule has 1 heterocycles. The fourth-order valence-corrected chi connectivity index (χ4v) is 2.78. The van der Waals surface area contributed by atoms with Gasteiger partial charge in [0.25, 0.3) is 0 Å². The first kappa shape index (κ1) is 18.6. The van der Waals surface area contributed by atoms with Gasteiger partial charge in [0.15, 0.2) is 0 Å². The second-order valence-electron chi connectivity index (χ2n) is 5.83. The average molecular weight is 346 g/mol. The summed E-state index contributed by atoms with van der Waals surface area (Å²) in [6.07, 6.45) is 1.16. The molecule has 25 heavy (non-hydrogen) atoms. The molecule has 2 rings (SSSR count). The van der Waals surface area contributed by atoms with E-state index in [4.69, 9.17) is 5.11 Å². The fourth-order valence-electron chi connectivity index (χ4n) is 2.78. The normalized spacial score (nSPS) is 12.0. The summed E-state index contributed by atoms with van der Waals surface area (Å²) >= 11 is 0. The Bertz CT molecular complexity index is 743. The van der Waals surface area contributed by atoms with E-state index in [0.29, 0.717) is 18.5 Å². The number of carbonyl (C=O) groups is 1. The van der Waals surface area contributed by atoms with Crippen LogP contribution in [0.25, 0.3) is 0 Å². The third-order valence-electron chi connectivity index (χ3n) is 4.01. The largest absolute Gasteiger partial charge is 0.396 e. The van der Waals surface area contributed by atoms with Crippen molar-refractivity contribution in [2.24, 2.45) is 0 Å². The van der Waals surface area contributed by atoms with Gasteiger partial charge < -0.3 is 10.4 Å². The van der Waals surface area contributed by atoms with Crippen molar-refractivity contribution in [3.8, 4) is 0 Å². The Morgan fingerprint density at radius 1 is 1.36 bits per heavy atom. The zero-order valence-electron chi connectivity index (χ0n) is 14.3. The first-order valence-electron chi connectivity index (χ1n) is 8.07. The molecule has 1 aromatic carbocycles. The van der Waals surface area contributed by atoms with Crippen LogP contribution in [-0.4, -0.2) is 32.3 Å². The smallest absolute Gasteiger partial charge is 0.312 e. The quantitative estimate of drug-likeness (QED) is 0.561. The Balaban J connectivity index is 2.11. The fraction of sp³-hybridized carbons (Fsp3) is 0.412. The maximum Gasteiger partial charge on any atom is 0.312 e. The number of nitro groups is 1. The Labute approximate surface area is 145 Å².